The first-order chi connectivity index (χ1) is 8.63. The summed E-state index contributed by atoms with van der Waals surface area (Å²) in [7, 11) is 0. The van der Waals surface area contributed by atoms with Crippen LogP contribution in [-0.4, -0.2) is 22.5 Å². The maximum Gasteiger partial charge on any atom is 0.0635 e. The second kappa shape index (κ2) is 5.36. The van der Waals surface area contributed by atoms with E-state index in [2.05, 4.69) is 16.0 Å². The van der Waals surface area contributed by atoms with Crippen LogP contribution in [0.15, 0.2) is 6.20 Å². The zero-order valence-corrected chi connectivity index (χ0v) is 11.1. The van der Waals surface area contributed by atoms with E-state index < -0.39 is 0 Å². The van der Waals surface area contributed by atoms with Gasteiger partial charge >= 0.3 is 0 Å². The van der Waals surface area contributed by atoms with Crippen molar-refractivity contribution in [3.05, 3.63) is 23.0 Å². The molecule has 2 N–H and O–H groups in total. The van der Waals surface area contributed by atoms with Gasteiger partial charge in [-0.05, 0) is 37.8 Å². The third kappa shape index (κ3) is 2.80. The molecular formula is C14H20N4. The topological polar surface area (TPSA) is 65.9 Å². The number of hydrogen-bond acceptors (Lipinski definition) is 4. The lowest BCUT2D eigenvalue weighted by Crippen LogP contribution is -2.27. The molecule has 4 heteroatoms. The Balaban J connectivity index is 2.11. The van der Waals surface area contributed by atoms with Crippen molar-refractivity contribution in [3.8, 4) is 6.07 Å². The second-order valence-electron chi connectivity index (χ2n) is 5.04. The van der Waals surface area contributed by atoms with E-state index in [0.29, 0.717) is 12.5 Å². The van der Waals surface area contributed by atoms with Crippen molar-refractivity contribution in [2.75, 3.05) is 12.3 Å². The van der Waals surface area contributed by atoms with Gasteiger partial charge in [0.05, 0.1) is 11.8 Å². The van der Waals surface area contributed by atoms with Gasteiger partial charge in [0.25, 0.3) is 0 Å². The Hall–Kier alpha value is -1.60. The number of hydrogen-bond donors (Lipinski definition) is 1. The molecule has 1 fully saturated rings. The van der Waals surface area contributed by atoms with Crippen LogP contribution >= 0.6 is 0 Å². The predicted molar refractivity (Wildman–Crippen MR) is 71.8 cm³/mol. The van der Waals surface area contributed by atoms with Crippen molar-refractivity contribution in [3.63, 3.8) is 0 Å². The quantitative estimate of drug-likeness (QED) is 0.862. The number of nitrogens with two attached hydrogens (primary N) is 1. The van der Waals surface area contributed by atoms with Gasteiger partial charge in [0.1, 0.15) is 0 Å². The lowest BCUT2D eigenvalue weighted by atomic mass is 10.1. The van der Waals surface area contributed by atoms with Crippen LogP contribution in [0.4, 0.5) is 5.69 Å². The first-order valence-corrected chi connectivity index (χ1v) is 6.45. The molecule has 0 radical (unpaired) electrons. The molecule has 0 spiro atoms. The highest BCUT2D eigenvalue weighted by Crippen LogP contribution is 2.29. The number of aromatic nitrogens is 1. The molecule has 4 nitrogen and oxygen atoms in total. The smallest absolute Gasteiger partial charge is 0.0635 e. The number of anilines is 1. The molecule has 96 valence electrons. The summed E-state index contributed by atoms with van der Waals surface area (Å²) >= 11 is 0. The van der Waals surface area contributed by atoms with Crippen LogP contribution in [0.2, 0.25) is 0 Å². The molecule has 0 unspecified atom stereocenters. The van der Waals surface area contributed by atoms with Gasteiger partial charge in [-0.1, -0.05) is 0 Å². The zero-order chi connectivity index (χ0) is 13.1. The summed E-state index contributed by atoms with van der Waals surface area (Å²) in [4.78, 5) is 6.85. The summed E-state index contributed by atoms with van der Waals surface area (Å²) in [5.74, 6) is 0. The van der Waals surface area contributed by atoms with Crippen molar-refractivity contribution in [2.24, 2.45) is 0 Å². The number of nitriles is 1. The Morgan fingerprint density at radius 2 is 2.22 bits per heavy atom. The summed E-state index contributed by atoms with van der Waals surface area (Å²) in [5, 5.41) is 8.71. The van der Waals surface area contributed by atoms with E-state index in [4.69, 9.17) is 11.0 Å². The van der Waals surface area contributed by atoms with Gasteiger partial charge in [0.15, 0.2) is 0 Å². The lowest BCUT2D eigenvalue weighted by molar-refractivity contribution is 0.257. The molecule has 1 aliphatic carbocycles. The van der Waals surface area contributed by atoms with E-state index >= 15 is 0 Å². The van der Waals surface area contributed by atoms with Crippen LogP contribution in [0.5, 0.6) is 0 Å². The first-order valence-electron chi connectivity index (χ1n) is 6.45. The van der Waals surface area contributed by atoms with Gasteiger partial charge in [0, 0.05) is 37.4 Å². The predicted octanol–water partition coefficient (Wildman–Crippen LogP) is 2.16. The Morgan fingerprint density at radius 1 is 1.50 bits per heavy atom. The minimum Gasteiger partial charge on any atom is -0.398 e. The maximum atomic E-state index is 8.71. The average molecular weight is 244 g/mol. The fourth-order valence-corrected chi connectivity index (χ4v) is 2.17. The number of nitrogen functional groups attached to an aromatic ring is 1. The average Bonchev–Trinajstić information content (AvgIpc) is 3.18. The molecule has 18 heavy (non-hydrogen) atoms. The fraction of sp³-hybridized carbons (Fsp3) is 0.571. The van der Waals surface area contributed by atoms with Crippen LogP contribution in [0.3, 0.4) is 0 Å². The molecule has 0 saturated heterocycles. The van der Waals surface area contributed by atoms with E-state index in [-0.39, 0.29) is 0 Å². The Kier molecular flexibility index (Phi) is 3.83. The third-order valence-electron chi connectivity index (χ3n) is 3.60. The monoisotopic (exact) mass is 244 g/mol. The highest BCUT2D eigenvalue weighted by atomic mass is 15.2. The van der Waals surface area contributed by atoms with Crippen LogP contribution in [0.25, 0.3) is 0 Å². The molecule has 1 aromatic heterocycles. The maximum absolute atomic E-state index is 8.71. The van der Waals surface area contributed by atoms with E-state index in [9.17, 15) is 0 Å². The molecule has 1 heterocycles. The van der Waals surface area contributed by atoms with Gasteiger partial charge in [0.2, 0.25) is 0 Å². The molecule has 0 amide bonds. The van der Waals surface area contributed by atoms with E-state index in [0.717, 1.165) is 35.6 Å². The lowest BCUT2D eigenvalue weighted by Gasteiger charge is -2.21. The van der Waals surface area contributed by atoms with Gasteiger partial charge in [-0.2, -0.15) is 5.26 Å². The molecule has 1 aromatic rings. The van der Waals surface area contributed by atoms with E-state index in [1.54, 1.807) is 0 Å². The van der Waals surface area contributed by atoms with Gasteiger partial charge < -0.3 is 5.73 Å². The van der Waals surface area contributed by atoms with Crippen LogP contribution < -0.4 is 5.73 Å². The molecule has 1 aliphatic rings. The largest absolute Gasteiger partial charge is 0.398 e. The molecular weight excluding hydrogens is 224 g/mol. The van der Waals surface area contributed by atoms with Crippen molar-refractivity contribution < 1.29 is 0 Å². The Labute approximate surface area is 108 Å². The minimum absolute atomic E-state index is 0.580. The summed E-state index contributed by atoms with van der Waals surface area (Å²) in [6.07, 6.45) is 4.90. The minimum atomic E-state index is 0.580. The first kappa shape index (κ1) is 12.8. The number of aryl methyl sites for hydroxylation is 1. The zero-order valence-electron chi connectivity index (χ0n) is 11.1. The van der Waals surface area contributed by atoms with Crippen molar-refractivity contribution >= 4 is 5.69 Å². The van der Waals surface area contributed by atoms with Gasteiger partial charge in [-0.3, -0.25) is 9.88 Å². The van der Waals surface area contributed by atoms with Crippen LogP contribution in [-0.2, 0) is 6.54 Å². The van der Waals surface area contributed by atoms with Gasteiger partial charge in [-0.15, -0.1) is 0 Å². The summed E-state index contributed by atoms with van der Waals surface area (Å²) in [6.45, 7) is 5.65. The second-order valence-corrected chi connectivity index (χ2v) is 5.04. The van der Waals surface area contributed by atoms with Crippen LogP contribution in [0, 0.1) is 25.2 Å². The van der Waals surface area contributed by atoms with Gasteiger partial charge in [-0.25, -0.2) is 0 Å². The molecule has 0 bridgehead atoms. The fourth-order valence-electron chi connectivity index (χ4n) is 2.17. The molecule has 0 atom stereocenters. The SMILES string of the molecule is Cc1cnc(CN(CCC#N)C2CC2)c(C)c1N. The molecule has 1 saturated carbocycles. The molecule has 2 rings (SSSR count). The highest BCUT2D eigenvalue weighted by Gasteiger charge is 2.29. The van der Waals surface area contributed by atoms with E-state index in [1.807, 2.05) is 20.0 Å². The summed E-state index contributed by atoms with van der Waals surface area (Å²) in [6, 6.07) is 2.86. The number of nitrogens with zero attached hydrogens (tertiary/aromatic N) is 3. The molecule has 0 aromatic carbocycles. The Morgan fingerprint density at radius 3 is 2.83 bits per heavy atom. The third-order valence-corrected chi connectivity index (χ3v) is 3.60. The number of pyridine rings is 1. The summed E-state index contributed by atoms with van der Waals surface area (Å²) < 4.78 is 0. The number of rotatable bonds is 5. The standard InChI is InChI=1S/C14H20N4/c1-10-8-17-13(11(2)14(10)16)9-18(7-3-6-15)12-4-5-12/h8,12H,3-5,7,9H2,1-2H3,(H2,16,17). The Bertz CT molecular complexity index is 471. The highest BCUT2D eigenvalue weighted by molar-refractivity contribution is 5.53. The molecule has 0 aliphatic heterocycles. The normalized spacial score (nSPS) is 14.8. The van der Waals surface area contributed by atoms with Crippen molar-refractivity contribution in [2.45, 2.75) is 45.7 Å². The summed E-state index contributed by atoms with van der Waals surface area (Å²) in [5.41, 5.74) is 10.0. The van der Waals surface area contributed by atoms with Crippen LogP contribution in [0.1, 0.15) is 36.1 Å². The van der Waals surface area contributed by atoms with Crippen molar-refractivity contribution in [1.82, 2.24) is 9.88 Å². The van der Waals surface area contributed by atoms with Crippen molar-refractivity contribution in [1.29, 1.82) is 5.26 Å². The van der Waals surface area contributed by atoms with E-state index in [1.165, 1.54) is 12.8 Å².